The van der Waals surface area contributed by atoms with Crippen LogP contribution in [0.15, 0.2) is 0 Å². The van der Waals surface area contributed by atoms with Crippen LogP contribution in [0, 0.1) is 28.6 Å². The number of hydrogen-bond acceptors (Lipinski definition) is 6. The van der Waals surface area contributed by atoms with E-state index in [9.17, 15) is 25.5 Å². The highest BCUT2D eigenvalue weighted by Crippen LogP contribution is 2.85. The molecule has 148 valence electrons. The van der Waals surface area contributed by atoms with E-state index in [-0.39, 0.29) is 30.6 Å². The Balaban J connectivity index is 1.89. The molecular weight excluding hydrogens is 336 g/mol. The fourth-order valence-electron chi connectivity index (χ4n) is 8.56. The van der Waals surface area contributed by atoms with Crippen molar-refractivity contribution in [2.45, 2.75) is 94.6 Å². The summed E-state index contributed by atoms with van der Waals surface area (Å²) in [6.45, 7) is 9.14. The van der Waals surface area contributed by atoms with E-state index in [1.165, 1.54) is 0 Å². The highest BCUT2D eigenvalue weighted by Gasteiger charge is 2.99. The summed E-state index contributed by atoms with van der Waals surface area (Å²) in [6.07, 6.45) is 0.300. The minimum Gasteiger partial charge on any atom is -0.389 e. The van der Waals surface area contributed by atoms with Gasteiger partial charge in [-0.1, -0.05) is 27.7 Å². The van der Waals surface area contributed by atoms with Gasteiger partial charge in [-0.2, -0.15) is 0 Å². The van der Waals surface area contributed by atoms with Gasteiger partial charge in [0.05, 0.1) is 22.7 Å². The smallest absolute Gasteiger partial charge is 0.177 e. The largest absolute Gasteiger partial charge is 0.389 e. The van der Waals surface area contributed by atoms with Crippen LogP contribution in [0.4, 0.5) is 0 Å². The van der Waals surface area contributed by atoms with Gasteiger partial charge in [0.25, 0.3) is 0 Å². The minimum atomic E-state index is -1.82. The van der Waals surface area contributed by atoms with Crippen molar-refractivity contribution >= 4 is 0 Å². The molecule has 0 amide bonds. The van der Waals surface area contributed by atoms with Crippen molar-refractivity contribution in [1.82, 2.24) is 0 Å². The zero-order chi connectivity index (χ0) is 19.3. The van der Waals surface area contributed by atoms with E-state index in [0.717, 1.165) is 6.42 Å². The SMILES string of the molecule is CC(C)[C@@]1(O)C[C@@]2(O)[C@]3(C)C[C@@]4(O)O[C@H]([C@@H]5[C@H](C)CC[C@@]53O)[C@@]2(O)[C@@]41C. The second-order valence-electron chi connectivity index (χ2n) is 10.8. The van der Waals surface area contributed by atoms with Gasteiger partial charge in [-0.05, 0) is 31.6 Å². The van der Waals surface area contributed by atoms with E-state index >= 15 is 0 Å². The molecule has 4 aliphatic carbocycles. The summed E-state index contributed by atoms with van der Waals surface area (Å²) in [4.78, 5) is 0. The first kappa shape index (κ1) is 17.8. The average molecular weight is 368 g/mol. The number of rotatable bonds is 1. The molecule has 26 heavy (non-hydrogen) atoms. The van der Waals surface area contributed by atoms with E-state index in [1.807, 2.05) is 20.8 Å². The Labute approximate surface area is 154 Å². The first-order valence-corrected chi connectivity index (χ1v) is 10.00. The summed E-state index contributed by atoms with van der Waals surface area (Å²) in [5.41, 5.74) is -8.94. The molecule has 0 aromatic carbocycles. The zero-order valence-electron chi connectivity index (χ0n) is 16.3. The molecule has 10 atom stereocenters. The van der Waals surface area contributed by atoms with Crippen molar-refractivity contribution in [2.24, 2.45) is 28.6 Å². The van der Waals surface area contributed by atoms with Gasteiger partial charge in [0.1, 0.15) is 11.2 Å². The topological polar surface area (TPSA) is 110 Å². The van der Waals surface area contributed by atoms with E-state index in [0.29, 0.717) is 6.42 Å². The van der Waals surface area contributed by atoms with Crippen molar-refractivity contribution in [3.8, 4) is 0 Å². The van der Waals surface area contributed by atoms with Crippen molar-refractivity contribution in [3.63, 3.8) is 0 Å². The van der Waals surface area contributed by atoms with Gasteiger partial charge in [-0.3, -0.25) is 0 Å². The molecule has 0 radical (unpaired) electrons. The molecule has 1 saturated heterocycles. The van der Waals surface area contributed by atoms with E-state index < -0.39 is 45.1 Å². The number of hydrogen-bond donors (Lipinski definition) is 5. The third-order valence-corrected chi connectivity index (χ3v) is 10.2. The molecule has 5 bridgehead atoms. The molecule has 4 saturated carbocycles. The fraction of sp³-hybridized carbons (Fsp3) is 1.00. The average Bonchev–Trinajstić information content (AvgIpc) is 2.92. The van der Waals surface area contributed by atoms with Gasteiger partial charge in [0.2, 0.25) is 0 Å². The van der Waals surface area contributed by atoms with Gasteiger partial charge in [-0.15, -0.1) is 0 Å². The lowest BCUT2D eigenvalue weighted by atomic mass is 9.39. The molecule has 5 fully saturated rings. The van der Waals surface area contributed by atoms with Gasteiger partial charge < -0.3 is 30.3 Å². The van der Waals surface area contributed by atoms with Crippen LogP contribution >= 0.6 is 0 Å². The molecule has 5 rings (SSSR count). The van der Waals surface area contributed by atoms with E-state index in [2.05, 4.69) is 0 Å². The molecule has 6 nitrogen and oxygen atoms in total. The summed E-state index contributed by atoms with van der Waals surface area (Å²) in [5, 5.41) is 59.3. The van der Waals surface area contributed by atoms with Crippen LogP contribution in [0.5, 0.6) is 0 Å². The summed E-state index contributed by atoms with van der Waals surface area (Å²) < 4.78 is 6.15. The predicted octanol–water partition coefficient (Wildman–Crippen LogP) is 0.534. The quantitative estimate of drug-likeness (QED) is 0.462. The molecule has 1 aliphatic heterocycles. The lowest BCUT2D eigenvalue weighted by molar-refractivity contribution is -0.358. The normalized spacial score (nSPS) is 71.0. The monoisotopic (exact) mass is 368 g/mol. The maximum absolute atomic E-state index is 12.1. The van der Waals surface area contributed by atoms with Crippen LogP contribution in [0.1, 0.15) is 60.3 Å². The summed E-state index contributed by atoms with van der Waals surface area (Å²) in [6, 6.07) is 0. The highest BCUT2D eigenvalue weighted by molar-refractivity contribution is 5.46. The standard InChI is InChI=1S/C20H32O6/c1-10(2)17(22)9-18(23)14(4)8-19(24)15(17,5)20(18,25)13(26-19)12-11(3)6-7-16(12,14)21/h10-13,21-25H,6-9H2,1-5H3/t11-,12+,13-,14-,15-,16-,17+,18-,19-,20-/m1/s1. The Morgan fingerprint density at radius 3 is 2.19 bits per heavy atom. The molecule has 5 aliphatic rings. The Kier molecular flexibility index (Phi) is 2.78. The lowest BCUT2D eigenvalue weighted by Gasteiger charge is -2.68. The van der Waals surface area contributed by atoms with Crippen LogP contribution in [0.3, 0.4) is 0 Å². The molecular formula is C20H32O6. The molecule has 1 heterocycles. The van der Waals surface area contributed by atoms with Crippen molar-refractivity contribution in [2.75, 3.05) is 0 Å². The van der Waals surface area contributed by atoms with Crippen LogP contribution in [0.25, 0.3) is 0 Å². The summed E-state index contributed by atoms with van der Waals surface area (Å²) in [5.74, 6) is -2.41. The maximum atomic E-state index is 12.1. The first-order chi connectivity index (χ1) is 11.7. The second kappa shape index (κ2) is 4.05. The van der Waals surface area contributed by atoms with Crippen LogP contribution < -0.4 is 0 Å². The number of ether oxygens (including phenoxy) is 1. The van der Waals surface area contributed by atoms with Gasteiger partial charge in [0, 0.05) is 24.2 Å². The zero-order valence-corrected chi connectivity index (χ0v) is 16.3. The van der Waals surface area contributed by atoms with E-state index in [1.54, 1.807) is 13.8 Å². The van der Waals surface area contributed by atoms with Gasteiger partial charge in [-0.25, -0.2) is 0 Å². The molecule has 6 heteroatoms. The van der Waals surface area contributed by atoms with Crippen molar-refractivity contribution in [3.05, 3.63) is 0 Å². The summed E-state index contributed by atoms with van der Waals surface area (Å²) in [7, 11) is 0. The van der Waals surface area contributed by atoms with Gasteiger partial charge in [0.15, 0.2) is 5.79 Å². The molecule has 0 aromatic rings. The fourth-order valence-corrected chi connectivity index (χ4v) is 8.56. The molecule has 0 spiro atoms. The van der Waals surface area contributed by atoms with E-state index in [4.69, 9.17) is 4.74 Å². The molecule has 0 aromatic heterocycles. The van der Waals surface area contributed by atoms with Crippen LogP contribution in [-0.2, 0) is 4.74 Å². The second-order valence-corrected chi connectivity index (χ2v) is 10.8. The van der Waals surface area contributed by atoms with Crippen LogP contribution in [0.2, 0.25) is 0 Å². The Hall–Kier alpha value is -0.240. The van der Waals surface area contributed by atoms with Gasteiger partial charge >= 0.3 is 0 Å². The lowest BCUT2D eigenvalue weighted by Crippen LogP contribution is -2.83. The van der Waals surface area contributed by atoms with Crippen molar-refractivity contribution < 1.29 is 30.3 Å². The number of aliphatic hydroxyl groups is 5. The number of fused-ring (bicyclic) bond motifs is 3. The maximum Gasteiger partial charge on any atom is 0.177 e. The van der Waals surface area contributed by atoms with Crippen molar-refractivity contribution in [1.29, 1.82) is 0 Å². The van der Waals surface area contributed by atoms with Crippen LogP contribution in [-0.4, -0.2) is 59.8 Å². The third kappa shape index (κ3) is 1.17. The minimum absolute atomic E-state index is 0.000556. The molecule has 0 unspecified atom stereocenters. The first-order valence-electron chi connectivity index (χ1n) is 10.00. The molecule has 5 N–H and O–H groups in total. The Morgan fingerprint density at radius 2 is 1.62 bits per heavy atom. The third-order valence-electron chi connectivity index (χ3n) is 10.2. The Morgan fingerprint density at radius 1 is 1.00 bits per heavy atom. The highest BCUT2D eigenvalue weighted by atomic mass is 16.7. The Bertz CT molecular complexity index is 712. The summed E-state index contributed by atoms with van der Waals surface area (Å²) >= 11 is 0. The predicted molar refractivity (Wildman–Crippen MR) is 91.8 cm³/mol.